The Hall–Kier alpha value is -1.56. The molecule has 17 heavy (non-hydrogen) atoms. The molecule has 1 aromatic rings. The molecule has 0 saturated heterocycles. The lowest BCUT2D eigenvalue weighted by atomic mass is 10.2. The number of rotatable bonds is 5. The van der Waals surface area contributed by atoms with Crippen molar-refractivity contribution in [2.45, 2.75) is 13.3 Å². The summed E-state index contributed by atoms with van der Waals surface area (Å²) in [5.41, 5.74) is -0.618. The highest BCUT2D eigenvalue weighted by Crippen LogP contribution is 2.20. The third-order valence-corrected chi connectivity index (χ3v) is 2.05. The molecule has 3 nitrogen and oxygen atoms in total. The summed E-state index contributed by atoms with van der Waals surface area (Å²) < 4.78 is 38.9. The molecule has 0 aromatic heterocycles. The van der Waals surface area contributed by atoms with Crippen LogP contribution in [0, 0.1) is 17.5 Å². The fourth-order valence-electron chi connectivity index (χ4n) is 1.24. The van der Waals surface area contributed by atoms with Gasteiger partial charge in [0.1, 0.15) is 11.5 Å². The second-order valence-electron chi connectivity index (χ2n) is 3.40. The van der Waals surface area contributed by atoms with Crippen LogP contribution in [0.5, 0.6) is 0 Å². The minimum atomic E-state index is -1.13. The van der Waals surface area contributed by atoms with Gasteiger partial charge in [-0.05, 0) is 6.54 Å². The minimum Gasteiger partial charge on any atom is -0.321 e. The molecule has 0 spiro atoms. The smallest absolute Gasteiger partial charge is 0.225 e. The van der Waals surface area contributed by atoms with Crippen LogP contribution in [0.4, 0.5) is 18.9 Å². The first-order valence-corrected chi connectivity index (χ1v) is 5.19. The van der Waals surface area contributed by atoms with E-state index in [0.717, 1.165) is 0 Å². The molecule has 0 unspecified atom stereocenters. The van der Waals surface area contributed by atoms with Crippen LogP contribution >= 0.6 is 0 Å². The van der Waals surface area contributed by atoms with E-state index in [9.17, 15) is 18.0 Å². The monoisotopic (exact) mass is 246 g/mol. The molecule has 0 atom stereocenters. The zero-order chi connectivity index (χ0) is 12.8. The molecule has 94 valence electrons. The van der Waals surface area contributed by atoms with Crippen LogP contribution in [-0.4, -0.2) is 19.0 Å². The predicted octanol–water partition coefficient (Wildman–Crippen LogP) is 2.04. The van der Waals surface area contributed by atoms with Crippen molar-refractivity contribution in [3.63, 3.8) is 0 Å². The Balaban J connectivity index is 2.65. The lowest BCUT2D eigenvalue weighted by Crippen LogP contribution is -2.22. The van der Waals surface area contributed by atoms with E-state index >= 15 is 0 Å². The van der Waals surface area contributed by atoms with Gasteiger partial charge in [-0.3, -0.25) is 4.79 Å². The second kappa shape index (κ2) is 6.24. The summed E-state index contributed by atoms with van der Waals surface area (Å²) in [7, 11) is 0. The number of carbonyl (C=O) groups excluding carboxylic acids is 1. The van der Waals surface area contributed by atoms with Crippen molar-refractivity contribution in [2.24, 2.45) is 0 Å². The van der Waals surface area contributed by atoms with Crippen molar-refractivity contribution in [1.82, 2.24) is 5.32 Å². The van der Waals surface area contributed by atoms with E-state index < -0.39 is 29.0 Å². The highest BCUT2D eigenvalue weighted by atomic mass is 19.1. The molecule has 1 aromatic carbocycles. The zero-order valence-corrected chi connectivity index (χ0v) is 9.32. The van der Waals surface area contributed by atoms with Gasteiger partial charge >= 0.3 is 0 Å². The summed E-state index contributed by atoms with van der Waals surface area (Å²) in [4.78, 5) is 11.3. The Labute approximate surface area is 97.0 Å². The molecule has 1 rings (SSSR count). The normalized spacial score (nSPS) is 10.4. The standard InChI is InChI=1S/C11H13F3N2O/c1-2-15-4-3-10(17)16-11-8(13)5-7(12)6-9(11)14/h5-6,15H,2-4H2,1H3,(H,16,17). The van der Waals surface area contributed by atoms with E-state index in [-0.39, 0.29) is 6.42 Å². The number of nitrogens with one attached hydrogen (secondary N) is 2. The van der Waals surface area contributed by atoms with Crippen molar-refractivity contribution < 1.29 is 18.0 Å². The van der Waals surface area contributed by atoms with Crippen LogP contribution in [0.2, 0.25) is 0 Å². The number of amides is 1. The first kappa shape index (κ1) is 13.5. The van der Waals surface area contributed by atoms with Crippen LogP contribution in [0.3, 0.4) is 0 Å². The van der Waals surface area contributed by atoms with Gasteiger partial charge < -0.3 is 10.6 Å². The molecular formula is C11H13F3N2O. The summed E-state index contributed by atoms with van der Waals surface area (Å²) in [6, 6.07) is 1.03. The van der Waals surface area contributed by atoms with E-state index in [4.69, 9.17) is 0 Å². The van der Waals surface area contributed by atoms with Crippen LogP contribution < -0.4 is 10.6 Å². The molecule has 0 saturated carbocycles. The number of anilines is 1. The van der Waals surface area contributed by atoms with Gasteiger partial charge in [0.05, 0.1) is 0 Å². The van der Waals surface area contributed by atoms with Crippen molar-refractivity contribution in [3.05, 3.63) is 29.6 Å². The van der Waals surface area contributed by atoms with E-state index in [1.807, 2.05) is 6.92 Å². The summed E-state index contributed by atoms with van der Waals surface area (Å²) >= 11 is 0. The van der Waals surface area contributed by atoms with Gasteiger partial charge in [-0.2, -0.15) is 0 Å². The highest BCUT2D eigenvalue weighted by molar-refractivity contribution is 5.91. The Morgan fingerprint density at radius 1 is 1.24 bits per heavy atom. The van der Waals surface area contributed by atoms with Crippen molar-refractivity contribution in [3.8, 4) is 0 Å². The highest BCUT2D eigenvalue weighted by Gasteiger charge is 2.13. The molecular weight excluding hydrogens is 233 g/mol. The number of carbonyl (C=O) groups is 1. The fraction of sp³-hybridized carbons (Fsp3) is 0.364. The Morgan fingerprint density at radius 3 is 2.35 bits per heavy atom. The molecule has 0 aliphatic rings. The molecule has 0 fully saturated rings. The molecule has 0 bridgehead atoms. The van der Waals surface area contributed by atoms with Crippen LogP contribution in [0.1, 0.15) is 13.3 Å². The fourth-order valence-corrected chi connectivity index (χ4v) is 1.24. The van der Waals surface area contributed by atoms with E-state index in [0.29, 0.717) is 25.2 Å². The first-order valence-electron chi connectivity index (χ1n) is 5.19. The molecule has 0 aliphatic carbocycles. The summed E-state index contributed by atoms with van der Waals surface area (Å²) in [5.74, 6) is -3.81. The number of halogens is 3. The maximum Gasteiger partial charge on any atom is 0.225 e. The number of benzene rings is 1. The van der Waals surface area contributed by atoms with Crippen LogP contribution in [0.15, 0.2) is 12.1 Å². The molecule has 0 aliphatic heterocycles. The van der Waals surface area contributed by atoms with Gasteiger partial charge in [0, 0.05) is 25.1 Å². The van der Waals surface area contributed by atoms with Crippen molar-refractivity contribution in [1.29, 1.82) is 0 Å². The lowest BCUT2D eigenvalue weighted by molar-refractivity contribution is -0.116. The molecule has 6 heteroatoms. The maximum absolute atomic E-state index is 13.1. The van der Waals surface area contributed by atoms with Gasteiger partial charge in [-0.15, -0.1) is 0 Å². The molecule has 1 amide bonds. The van der Waals surface area contributed by atoms with Crippen LogP contribution in [-0.2, 0) is 4.79 Å². The van der Waals surface area contributed by atoms with Crippen LogP contribution in [0.25, 0.3) is 0 Å². The van der Waals surface area contributed by atoms with Gasteiger partial charge in [-0.25, -0.2) is 13.2 Å². The van der Waals surface area contributed by atoms with E-state index in [1.54, 1.807) is 0 Å². The zero-order valence-electron chi connectivity index (χ0n) is 9.32. The average molecular weight is 246 g/mol. The van der Waals surface area contributed by atoms with Gasteiger partial charge in [-0.1, -0.05) is 6.92 Å². The first-order chi connectivity index (χ1) is 8.04. The minimum absolute atomic E-state index is 0.0874. The quantitative estimate of drug-likeness (QED) is 0.781. The average Bonchev–Trinajstić information content (AvgIpc) is 2.24. The third-order valence-electron chi connectivity index (χ3n) is 2.05. The van der Waals surface area contributed by atoms with Gasteiger partial charge in [0.2, 0.25) is 5.91 Å². The number of hydrogen-bond acceptors (Lipinski definition) is 2. The van der Waals surface area contributed by atoms with E-state index in [2.05, 4.69) is 10.6 Å². The summed E-state index contributed by atoms with van der Waals surface area (Å²) in [5, 5.41) is 4.96. The van der Waals surface area contributed by atoms with Crippen molar-refractivity contribution in [2.75, 3.05) is 18.4 Å². The Morgan fingerprint density at radius 2 is 1.82 bits per heavy atom. The van der Waals surface area contributed by atoms with Crippen molar-refractivity contribution >= 4 is 11.6 Å². The van der Waals surface area contributed by atoms with Gasteiger partial charge in [0.15, 0.2) is 11.6 Å². The number of hydrogen-bond donors (Lipinski definition) is 2. The molecule has 0 radical (unpaired) electrons. The topological polar surface area (TPSA) is 41.1 Å². The summed E-state index contributed by atoms with van der Waals surface area (Å²) in [6.07, 6.45) is 0.0874. The largest absolute Gasteiger partial charge is 0.321 e. The SMILES string of the molecule is CCNCCC(=O)Nc1c(F)cc(F)cc1F. The molecule has 2 N–H and O–H groups in total. The third kappa shape index (κ3) is 4.07. The second-order valence-corrected chi connectivity index (χ2v) is 3.40. The lowest BCUT2D eigenvalue weighted by Gasteiger charge is -2.07. The summed E-state index contributed by atoms with van der Waals surface area (Å²) in [6.45, 7) is 2.98. The maximum atomic E-state index is 13.1. The van der Waals surface area contributed by atoms with E-state index in [1.165, 1.54) is 0 Å². The Bertz CT molecular complexity index is 387. The predicted molar refractivity (Wildman–Crippen MR) is 58.1 cm³/mol. The Kier molecular flexibility index (Phi) is 4.96. The molecule has 0 heterocycles. The van der Waals surface area contributed by atoms with Gasteiger partial charge in [0.25, 0.3) is 0 Å².